The quantitative estimate of drug-likeness (QED) is 0.425. The minimum absolute atomic E-state index is 0.108. The van der Waals surface area contributed by atoms with Crippen molar-refractivity contribution in [3.05, 3.63) is 29.3 Å². The fourth-order valence-electron chi connectivity index (χ4n) is 3.80. The first-order chi connectivity index (χ1) is 13.4. The minimum atomic E-state index is -3.47. The van der Waals surface area contributed by atoms with E-state index >= 15 is 0 Å². The third-order valence-electron chi connectivity index (χ3n) is 5.71. The van der Waals surface area contributed by atoms with Crippen LogP contribution in [0.15, 0.2) is 18.2 Å². The number of para-hydroxylation sites is 1. The Morgan fingerprint density at radius 3 is 2.57 bits per heavy atom. The van der Waals surface area contributed by atoms with Gasteiger partial charge in [-0.15, -0.1) is 0 Å². The molecule has 2 saturated carbocycles. The molecule has 1 aromatic carbocycles. The highest BCUT2D eigenvalue weighted by molar-refractivity contribution is 7.57. The van der Waals surface area contributed by atoms with Crippen LogP contribution in [0.25, 0.3) is 0 Å². The topological polar surface area (TPSA) is 73.9 Å². The Labute approximate surface area is 167 Å². The Balaban J connectivity index is 1.93. The summed E-state index contributed by atoms with van der Waals surface area (Å²) < 4.78 is 30.1. The van der Waals surface area contributed by atoms with Crippen molar-refractivity contribution in [3.8, 4) is 5.75 Å². The van der Waals surface area contributed by atoms with Crippen LogP contribution < -0.4 is 9.61 Å². The lowest BCUT2D eigenvalue weighted by molar-refractivity contribution is -0.143. The number of aryl methyl sites for hydroxylation is 1. The summed E-state index contributed by atoms with van der Waals surface area (Å²) in [6.45, 7) is 4.32. The van der Waals surface area contributed by atoms with Crippen LogP contribution in [0.1, 0.15) is 63.0 Å². The van der Waals surface area contributed by atoms with Gasteiger partial charge in [0.2, 0.25) is 0 Å². The highest BCUT2D eigenvalue weighted by Gasteiger charge is 2.55. The molecule has 0 radical (unpaired) electrons. The highest BCUT2D eigenvalue weighted by Crippen LogP contribution is 2.54. The number of benzene rings is 1. The standard InChI is InChI=1S/C21H32NO5P/c1-5-7-17-8-6-9-18(15(2)16-10-11-16)19(17)27-28(24,14-25-3)22-21(12-13-21)20(23)26-4/h6,8-9,15-16H,5,7,10-14H2,1-4H3,(H,22,24)/t15-,28?/m1/s1. The molecule has 1 aromatic rings. The van der Waals surface area contributed by atoms with E-state index in [0.29, 0.717) is 30.4 Å². The molecule has 2 aliphatic rings. The van der Waals surface area contributed by atoms with Crippen LogP contribution in [0.3, 0.4) is 0 Å². The summed E-state index contributed by atoms with van der Waals surface area (Å²) in [6.07, 6.45) is 5.30. The van der Waals surface area contributed by atoms with E-state index in [-0.39, 0.29) is 6.35 Å². The molecule has 2 atom stereocenters. The van der Waals surface area contributed by atoms with Crippen LogP contribution in [0.2, 0.25) is 0 Å². The molecular weight excluding hydrogens is 377 g/mol. The number of esters is 1. The Kier molecular flexibility index (Phi) is 6.53. The van der Waals surface area contributed by atoms with Crippen molar-refractivity contribution in [2.75, 3.05) is 20.6 Å². The smallest absolute Gasteiger partial charge is 0.342 e. The predicted octanol–water partition coefficient (Wildman–Crippen LogP) is 4.62. The summed E-state index contributed by atoms with van der Waals surface area (Å²) in [5.74, 6) is 1.29. The number of hydrogen-bond donors (Lipinski definition) is 1. The molecule has 0 saturated heterocycles. The molecular formula is C21H32NO5P. The van der Waals surface area contributed by atoms with E-state index in [9.17, 15) is 9.36 Å². The molecule has 0 heterocycles. The van der Waals surface area contributed by atoms with Crippen molar-refractivity contribution in [1.29, 1.82) is 0 Å². The SMILES string of the molecule is CCCc1cccc([C@H](C)C2CC2)c1OP(=O)(COC)NC1(C(=O)OC)CC1. The van der Waals surface area contributed by atoms with E-state index in [4.69, 9.17) is 14.0 Å². The van der Waals surface area contributed by atoms with Crippen molar-refractivity contribution in [2.45, 2.75) is 63.8 Å². The van der Waals surface area contributed by atoms with Gasteiger partial charge in [0.25, 0.3) is 0 Å². The van der Waals surface area contributed by atoms with Crippen LogP contribution in [0.4, 0.5) is 0 Å². The third-order valence-corrected chi connectivity index (χ3v) is 7.56. The second-order valence-electron chi connectivity index (χ2n) is 8.08. The maximum atomic E-state index is 13.7. The molecule has 6 nitrogen and oxygen atoms in total. The fourth-order valence-corrected chi connectivity index (χ4v) is 5.79. The fraction of sp³-hybridized carbons (Fsp3) is 0.667. The summed E-state index contributed by atoms with van der Waals surface area (Å²) in [5, 5.41) is 3.00. The molecule has 0 amide bonds. The van der Waals surface area contributed by atoms with Gasteiger partial charge < -0.3 is 14.0 Å². The highest BCUT2D eigenvalue weighted by atomic mass is 31.2. The average molecular weight is 409 g/mol. The zero-order chi connectivity index (χ0) is 20.4. The zero-order valence-corrected chi connectivity index (χ0v) is 18.2. The molecule has 1 N–H and O–H groups in total. The van der Waals surface area contributed by atoms with Crippen LogP contribution in [0, 0.1) is 5.92 Å². The van der Waals surface area contributed by atoms with Crippen LogP contribution >= 0.6 is 7.52 Å². The van der Waals surface area contributed by atoms with Gasteiger partial charge in [-0.05, 0) is 55.1 Å². The van der Waals surface area contributed by atoms with Crippen molar-refractivity contribution >= 4 is 13.5 Å². The maximum absolute atomic E-state index is 13.7. The summed E-state index contributed by atoms with van der Waals surface area (Å²) in [5.41, 5.74) is 1.22. The maximum Gasteiger partial charge on any atom is 0.342 e. The summed E-state index contributed by atoms with van der Waals surface area (Å²) in [6, 6.07) is 6.16. The molecule has 3 rings (SSSR count). The lowest BCUT2D eigenvalue weighted by atomic mass is 9.92. The van der Waals surface area contributed by atoms with Crippen LogP contribution in [0.5, 0.6) is 5.75 Å². The molecule has 0 spiro atoms. The van der Waals surface area contributed by atoms with E-state index in [1.165, 1.54) is 27.1 Å². The second kappa shape index (κ2) is 8.56. The lowest BCUT2D eigenvalue weighted by Gasteiger charge is -2.27. The van der Waals surface area contributed by atoms with Gasteiger partial charge in [0, 0.05) is 7.11 Å². The predicted molar refractivity (Wildman–Crippen MR) is 109 cm³/mol. The minimum Gasteiger partial charge on any atom is -0.468 e. The van der Waals surface area contributed by atoms with Gasteiger partial charge >= 0.3 is 13.5 Å². The number of rotatable bonds is 11. The van der Waals surface area contributed by atoms with Gasteiger partial charge in [-0.25, -0.2) is 5.09 Å². The molecule has 7 heteroatoms. The summed E-state index contributed by atoms with van der Waals surface area (Å²) in [4.78, 5) is 12.2. The van der Waals surface area contributed by atoms with Gasteiger partial charge in [-0.2, -0.15) is 0 Å². The number of nitrogens with one attached hydrogen (secondary N) is 1. The molecule has 2 aliphatic carbocycles. The Bertz CT molecular complexity index is 757. The van der Waals surface area contributed by atoms with E-state index in [1.807, 2.05) is 6.07 Å². The van der Waals surface area contributed by atoms with Crippen molar-refractivity contribution in [3.63, 3.8) is 0 Å². The Morgan fingerprint density at radius 1 is 1.32 bits per heavy atom. The monoisotopic (exact) mass is 409 g/mol. The third kappa shape index (κ3) is 4.61. The number of methoxy groups -OCH3 is 2. The average Bonchev–Trinajstić information content (AvgIpc) is 3.57. The van der Waals surface area contributed by atoms with Gasteiger partial charge in [0.1, 0.15) is 17.6 Å². The largest absolute Gasteiger partial charge is 0.468 e. The van der Waals surface area contributed by atoms with E-state index in [0.717, 1.165) is 24.0 Å². The Hall–Kier alpha value is -1.36. The van der Waals surface area contributed by atoms with Gasteiger partial charge in [-0.1, -0.05) is 38.5 Å². The van der Waals surface area contributed by atoms with E-state index in [1.54, 1.807) is 0 Å². The van der Waals surface area contributed by atoms with E-state index < -0.39 is 19.0 Å². The molecule has 0 aromatic heterocycles. The normalized spacial score (nSPS) is 20.9. The van der Waals surface area contributed by atoms with E-state index in [2.05, 4.69) is 31.1 Å². The first-order valence-corrected chi connectivity index (χ1v) is 12.0. The number of hydrogen-bond acceptors (Lipinski definition) is 5. The second-order valence-corrected chi connectivity index (χ2v) is 10.1. The van der Waals surface area contributed by atoms with Gasteiger partial charge in [-0.3, -0.25) is 9.36 Å². The molecule has 0 bridgehead atoms. The van der Waals surface area contributed by atoms with Gasteiger partial charge in [0.15, 0.2) is 0 Å². The molecule has 2 fully saturated rings. The van der Waals surface area contributed by atoms with Gasteiger partial charge in [0.05, 0.1) is 7.11 Å². The molecule has 28 heavy (non-hydrogen) atoms. The van der Waals surface area contributed by atoms with Crippen LogP contribution in [-0.2, 0) is 25.3 Å². The van der Waals surface area contributed by atoms with Crippen molar-refractivity contribution < 1.29 is 23.4 Å². The summed E-state index contributed by atoms with van der Waals surface area (Å²) in [7, 11) is -0.635. The first-order valence-electron chi connectivity index (χ1n) is 10.2. The molecule has 1 unspecified atom stereocenters. The van der Waals surface area contributed by atoms with Crippen molar-refractivity contribution in [2.24, 2.45) is 5.92 Å². The molecule has 156 valence electrons. The summed E-state index contributed by atoms with van der Waals surface area (Å²) >= 11 is 0. The number of ether oxygens (including phenoxy) is 2. The van der Waals surface area contributed by atoms with Crippen molar-refractivity contribution in [1.82, 2.24) is 5.09 Å². The first kappa shape index (κ1) is 21.4. The number of carbonyl (C=O) groups excluding carboxylic acids is 1. The number of carbonyl (C=O) groups is 1. The Morgan fingerprint density at radius 2 is 2.04 bits per heavy atom. The molecule has 0 aliphatic heterocycles. The lowest BCUT2D eigenvalue weighted by Crippen LogP contribution is -2.39. The zero-order valence-electron chi connectivity index (χ0n) is 17.3. The van der Waals surface area contributed by atoms with Crippen LogP contribution in [-0.4, -0.2) is 32.1 Å².